The van der Waals surface area contributed by atoms with Gasteiger partial charge in [-0.2, -0.15) is 0 Å². The molecule has 0 saturated carbocycles. The van der Waals surface area contributed by atoms with Crippen LogP contribution < -0.4 is 5.32 Å². The number of aromatic hydroxyl groups is 1. The maximum absolute atomic E-state index is 12.3. The predicted octanol–water partition coefficient (Wildman–Crippen LogP) is 1.61. The standard InChI is InChI=1S/C14H20N2O2/c1-2-15-11-6-5-9-16(10-11)14(18)12-7-3-4-8-13(12)17/h3-4,7-8,11,15,17H,2,5-6,9-10H2,1H3. The van der Waals surface area contributed by atoms with E-state index in [9.17, 15) is 9.90 Å². The summed E-state index contributed by atoms with van der Waals surface area (Å²) in [4.78, 5) is 14.1. The van der Waals surface area contributed by atoms with Gasteiger partial charge in [0.1, 0.15) is 5.75 Å². The monoisotopic (exact) mass is 248 g/mol. The van der Waals surface area contributed by atoms with Crippen LogP contribution in [0.15, 0.2) is 24.3 Å². The largest absolute Gasteiger partial charge is 0.507 e. The Bertz CT molecular complexity index is 418. The topological polar surface area (TPSA) is 52.6 Å². The van der Waals surface area contributed by atoms with Crippen molar-refractivity contribution in [1.29, 1.82) is 0 Å². The molecule has 1 amide bonds. The van der Waals surface area contributed by atoms with Crippen LogP contribution in [0, 0.1) is 0 Å². The lowest BCUT2D eigenvalue weighted by Gasteiger charge is -2.33. The number of likely N-dealkylation sites (N-methyl/N-ethyl adjacent to an activating group) is 1. The number of hydrogen-bond donors (Lipinski definition) is 2. The second-order valence-electron chi connectivity index (χ2n) is 4.67. The number of piperidine rings is 1. The van der Waals surface area contributed by atoms with E-state index in [1.54, 1.807) is 24.3 Å². The summed E-state index contributed by atoms with van der Waals surface area (Å²) in [5, 5.41) is 13.1. The summed E-state index contributed by atoms with van der Waals surface area (Å²) in [6.07, 6.45) is 2.12. The summed E-state index contributed by atoms with van der Waals surface area (Å²) >= 11 is 0. The van der Waals surface area contributed by atoms with Gasteiger partial charge >= 0.3 is 0 Å². The molecular formula is C14H20N2O2. The summed E-state index contributed by atoms with van der Waals surface area (Å²) in [6.45, 7) is 4.49. The number of hydrogen-bond acceptors (Lipinski definition) is 3. The van der Waals surface area contributed by atoms with Gasteiger partial charge in [-0.15, -0.1) is 0 Å². The molecule has 2 rings (SSSR count). The zero-order valence-electron chi connectivity index (χ0n) is 10.7. The van der Waals surface area contributed by atoms with Gasteiger partial charge in [0.15, 0.2) is 0 Å². The second kappa shape index (κ2) is 5.87. The highest BCUT2D eigenvalue weighted by atomic mass is 16.3. The molecule has 0 aliphatic carbocycles. The van der Waals surface area contributed by atoms with E-state index in [-0.39, 0.29) is 11.7 Å². The smallest absolute Gasteiger partial charge is 0.257 e. The van der Waals surface area contributed by atoms with Gasteiger partial charge in [-0.3, -0.25) is 4.79 Å². The van der Waals surface area contributed by atoms with E-state index in [2.05, 4.69) is 12.2 Å². The Labute approximate surface area is 108 Å². The molecule has 1 aliphatic rings. The summed E-state index contributed by atoms with van der Waals surface area (Å²) in [5.41, 5.74) is 0.398. The van der Waals surface area contributed by atoms with Crippen LogP contribution in [0.5, 0.6) is 5.75 Å². The van der Waals surface area contributed by atoms with Crippen molar-refractivity contribution >= 4 is 5.91 Å². The van der Waals surface area contributed by atoms with Crippen molar-refractivity contribution in [2.24, 2.45) is 0 Å². The molecule has 1 saturated heterocycles. The summed E-state index contributed by atoms with van der Waals surface area (Å²) in [5.74, 6) is -0.0104. The lowest BCUT2D eigenvalue weighted by molar-refractivity contribution is 0.0692. The predicted molar refractivity (Wildman–Crippen MR) is 70.7 cm³/mol. The molecule has 1 atom stereocenters. The van der Waals surface area contributed by atoms with E-state index in [1.165, 1.54) is 0 Å². The van der Waals surface area contributed by atoms with E-state index in [0.717, 1.165) is 32.5 Å². The van der Waals surface area contributed by atoms with Crippen molar-refractivity contribution in [3.63, 3.8) is 0 Å². The van der Waals surface area contributed by atoms with E-state index in [4.69, 9.17) is 0 Å². The van der Waals surface area contributed by atoms with Crippen LogP contribution in [0.1, 0.15) is 30.1 Å². The number of rotatable bonds is 3. The number of likely N-dealkylation sites (tertiary alicyclic amines) is 1. The first kappa shape index (κ1) is 12.9. The number of nitrogens with zero attached hydrogens (tertiary/aromatic N) is 1. The molecule has 1 fully saturated rings. The van der Waals surface area contributed by atoms with Crippen LogP contribution in [0.4, 0.5) is 0 Å². The van der Waals surface area contributed by atoms with Crippen molar-refractivity contribution in [2.45, 2.75) is 25.8 Å². The van der Waals surface area contributed by atoms with Crippen LogP contribution in [0.3, 0.4) is 0 Å². The quantitative estimate of drug-likeness (QED) is 0.854. The number of carbonyl (C=O) groups is 1. The van der Waals surface area contributed by atoms with Crippen molar-refractivity contribution in [1.82, 2.24) is 10.2 Å². The average Bonchev–Trinajstić information content (AvgIpc) is 2.39. The highest BCUT2D eigenvalue weighted by Crippen LogP contribution is 2.20. The zero-order chi connectivity index (χ0) is 13.0. The molecule has 1 heterocycles. The van der Waals surface area contributed by atoms with Gasteiger partial charge in [-0.1, -0.05) is 19.1 Å². The zero-order valence-corrected chi connectivity index (χ0v) is 10.7. The van der Waals surface area contributed by atoms with Gasteiger partial charge in [0.2, 0.25) is 0 Å². The second-order valence-corrected chi connectivity index (χ2v) is 4.67. The Kier molecular flexibility index (Phi) is 4.20. The van der Waals surface area contributed by atoms with Crippen LogP contribution in [-0.4, -0.2) is 41.6 Å². The third kappa shape index (κ3) is 2.82. The number of para-hydroxylation sites is 1. The van der Waals surface area contributed by atoms with Crippen LogP contribution >= 0.6 is 0 Å². The number of phenolic OH excluding ortho intramolecular Hbond substituents is 1. The van der Waals surface area contributed by atoms with E-state index in [1.807, 2.05) is 4.90 Å². The number of benzene rings is 1. The molecule has 1 unspecified atom stereocenters. The molecule has 0 spiro atoms. The molecule has 1 aromatic carbocycles. The first-order chi connectivity index (χ1) is 8.72. The first-order valence-electron chi connectivity index (χ1n) is 6.53. The summed E-state index contributed by atoms with van der Waals surface area (Å²) < 4.78 is 0. The molecular weight excluding hydrogens is 228 g/mol. The minimum absolute atomic E-state index is 0.0630. The lowest BCUT2D eigenvalue weighted by Crippen LogP contribution is -2.47. The fourth-order valence-electron chi connectivity index (χ4n) is 2.44. The molecule has 2 N–H and O–H groups in total. The van der Waals surface area contributed by atoms with Gasteiger partial charge < -0.3 is 15.3 Å². The minimum atomic E-state index is -0.0734. The fraction of sp³-hybridized carbons (Fsp3) is 0.500. The third-order valence-corrected chi connectivity index (χ3v) is 3.34. The number of phenols is 1. The number of amides is 1. The van der Waals surface area contributed by atoms with Crippen molar-refractivity contribution in [3.8, 4) is 5.75 Å². The number of carbonyl (C=O) groups excluding carboxylic acids is 1. The molecule has 1 aliphatic heterocycles. The minimum Gasteiger partial charge on any atom is -0.507 e. The maximum Gasteiger partial charge on any atom is 0.257 e. The SMILES string of the molecule is CCNC1CCCN(C(=O)c2ccccc2O)C1. The van der Waals surface area contributed by atoms with Crippen molar-refractivity contribution in [3.05, 3.63) is 29.8 Å². The third-order valence-electron chi connectivity index (χ3n) is 3.34. The van der Waals surface area contributed by atoms with Crippen molar-refractivity contribution < 1.29 is 9.90 Å². The van der Waals surface area contributed by atoms with Gasteiger partial charge in [-0.25, -0.2) is 0 Å². The molecule has 0 radical (unpaired) electrons. The summed E-state index contributed by atoms with van der Waals surface area (Å²) in [6, 6.07) is 7.11. The molecule has 4 nitrogen and oxygen atoms in total. The normalized spacial score (nSPS) is 19.8. The van der Waals surface area contributed by atoms with Gasteiger partial charge in [0.05, 0.1) is 5.56 Å². The summed E-state index contributed by atoms with van der Waals surface area (Å²) in [7, 11) is 0. The molecule has 4 heteroatoms. The molecule has 98 valence electrons. The van der Waals surface area contributed by atoms with Gasteiger partial charge in [0, 0.05) is 19.1 Å². The average molecular weight is 248 g/mol. The van der Waals surface area contributed by atoms with E-state index in [0.29, 0.717) is 11.6 Å². The Morgan fingerprint density at radius 2 is 2.28 bits per heavy atom. The fourth-order valence-corrected chi connectivity index (χ4v) is 2.44. The lowest BCUT2D eigenvalue weighted by atomic mass is 10.0. The molecule has 1 aromatic rings. The molecule has 18 heavy (non-hydrogen) atoms. The van der Waals surface area contributed by atoms with Crippen LogP contribution in [0.25, 0.3) is 0 Å². The van der Waals surface area contributed by atoms with Crippen LogP contribution in [-0.2, 0) is 0 Å². The Morgan fingerprint density at radius 3 is 3.00 bits per heavy atom. The Morgan fingerprint density at radius 1 is 1.50 bits per heavy atom. The molecule has 0 aromatic heterocycles. The maximum atomic E-state index is 12.3. The van der Waals surface area contributed by atoms with Gasteiger partial charge in [-0.05, 0) is 31.5 Å². The highest BCUT2D eigenvalue weighted by Gasteiger charge is 2.25. The first-order valence-corrected chi connectivity index (χ1v) is 6.53. The van der Waals surface area contributed by atoms with E-state index < -0.39 is 0 Å². The Balaban J connectivity index is 2.07. The van der Waals surface area contributed by atoms with Gasteiger partial charge in [0.25, 0.3) is 5.91 Å². The number of nitrogens with one attached hydrogen (secondary N) is 1. The van der Waals surface area contributed by atoms with Crippen molar-refractivity contribution in [2.75, 3.05) is 19.6 Å². The highest BCUT2D eigenvalue weighted by molar-refractivity contribution is 5.96. The van der Waals surface area contributed by atoms with E-state index >= 15 is 0 Å². The Hall–Kier alpha value is -1.55. The van der Waals surface area contributed by atoms with Crippen LogP contribution in [0.2, 0.25) is 0 Å². The molecule has 0 bridgehead atoms.